The average Bonchev–Trinajstić information content (AvgIpc) is 4.04. The van der Waals surface area contributed by atoms with Crippen molar-refractivity contribution in [2.24, 2.45) is 11.8 Å². The van der Waals surface area contributed by atoms with Crippen molar-refractivity contribution in [3.8, 4) is 46.1 Å². The number of methoxy groups -OCH3 is 1. The fourth-order valence-electron chi connectivity index (χ4n) is 7.43. The highest BCUT2D eigenvalue weighted by Gasteiger charge is 2.38. The van der Waals surface area contributed by atoms with Crippen molar-refractivity contribution in [1.29, 1.82) is 0 Å². The van der Waals surface area contributed by atoms with E-state index in [0.717, 1.165) is 47.2 Å². The summed E-state index contributed by atoms with van der Waals surface area (Å²) in [7, 11) is 1.28. The molecule has 0 aliphatic carbocycles. The van der Waals surface area contributed by atoms with Gasteiger partial charge < -0.3 is 40.2 Å². The smallest absolute Gasteiger partial charge is 0.407 e. The van der Waals surface area contributed by atoms with Gasteiger partial charge in [-0.1, -0.05) is 70.0 Å². The Balaban J connectivity index is 0.00000384. The topological polar surface area (TPSA) is 186 Å². The Kier molecular flexibility index (Phi) is 16.0. The molecular weight excluding hydrogens is 795 g/mol. The van der Waals surface area contributed by atoms with Crippen molar-refractivity contribution in [1.82, 2.24) is 40.4 Å². The fourth-order valence-corrected chi connectivity index (χ4v) is 7.43. The Bertz CT molecular complexity index is 2240. The van der Waals surface area contributed by atoms with Gasteiger partial charge in [0.2, 0.25) is 11.8 Å². The molecule has 0 saturated carbocycles. The number of carbonyl (C=O) groups is 4. The van der Waals surface area contributed by atoms with Gasteiger partial charge in [0.05, 0.1) is 37.3 Å². The lowest BCUT2D eigenvalue weighted by Gasteiger charge is -2.30. The molecule has 4 amide bonds. The van der Waals surface area contributed by atoms with E-state index in [1.165, 1.54) is 7.11 Å². The number of aromatic nitrogens is 4. The number of aromatic amines is 2. The number of hydrogen-bond donors (Lipinski definition) is 5. The summed E-state index contributed by atoms with van der Waals surface area (Å²) < 4.78 is 4.77. The Morgan fingerprint density at radius 1 is 0.780 bits per heavy atom. The van der Waals surface area contributed by atoms with Crippen LogP contribution in [0.3, 0.4) is 0 Å². The number of carbonyl (C=O) groups excluding carboxylic acids is 3. The van der Waals surface area contributed by atoms with Crippen molar-refractivity contribution in [3.63, 3.8) is 0 Å². The van der Waals surface area contributed by atoms with Crippen LogP contribution in [0.2, 0.25) is 0 Å². The second kappa shape index (κ2) is 20.6. The number of halogens is 2. The van der Waals surface area contributed by atoms with E-state index in [4.69, 9.17) is 9.72 Å². The molecule has 14 nitrogen and oxygen atoms in total. The molecule has 59 heavy (non-hydrogen) atoms. The first-order chi connectivity index (χ1) is 27.4. The molecule has 0 bridgehead atoms. The lowest BCUT2D eigenvalue weighted by atomic mass is 9.96. The van der Waals surface area contributed by atoms with Gasteiger partial charge in [0.1, 0.15) is 29.4 Å². The van der Waals surface area contributed by atoms with E-state index in [-0.39, 0.29) is 60.5 Å². The third kappa shape index (κ3) is 10.8. The molecule has 0 unspecified atom stereocenters. The molecule has 5 N–H and O–H groups in total. The Morgan fingerprint density at radius 2 is 1.36 bits per heavy atom. The lowest BCUT2D eigenvalue weighted by Crippen LogP contribution is -2.51. The van der Waals surface area contributed by atoms with Crippen LogP contribution in [0, 0.1) is 35.5 Å². The van der Waals surface area contributed by atoms with E-state index >= 15 is 0 Å². The highest BCUT2D eigenvalue weighted by Crippen LogP contribution is 2.35. The molecule has 2 aromatic carbocycles. The summed E-state index contributed by atoms with van der Waals surface area (Å²) in [6, 6.07) is 13.8. The molecule has 0 radical (unpaired) electrons. The second-order valence-electron chi connectivity index (χ2n) is 14.9. The van der Waals surface area contributed by atoms with Gasteiger partial charge in [-0.15, -0.1) is 24.8 Å². The van der Waals surface area contributed by atoms with Gasteiger partial charge in [0.25, 0.3) is 0 Å². The SMILES string of the molecule is COC(=O)N[C@H](C(=O)N1CCC[C@H]1c1ncc(-c2ccc(C#CC#Cc3cnc([C@@H]4CCCN4C(=O)[C@@H](NC(=O)O)C(C)C)[nH]3)c(-c3ccccc3)c2)[nH]1)C(C)C.Cl.Cl. The quantitative estimate of drug-likeness (QED) is 0.109. The van der Waals surface area contributed by atoms with Crippen molar-refractivity contribution in [2.75, 3.05) is 20.2 Å². The van der Waals surface area contributed by atoms with E-state index in [1.54, 1.807) is 22.2 Å². The average molecular weight is 846 g/mol. The highest BCUT2D eigenvalue weighted by molar-refractivity contribution is 5.87. The molecule has 2 saturated heterocycles. The van der Waals surface area contributed by atoms with E-state index in [0.29, 0.717) is 36.9 Å². The Labute approximate surface area is 356 Å². The maximum Gasteiger partial charge on any atom is 0.407 e. The van der Waals surface area contributed by atoms with Crippen LogP contribution < -0.4 is 10.6 Å². The second-order valence-corrected chi connectivity index (χ2v) is 14.9. The first kappa shape index (κ1) is 45.7. The molecule has 16 heteroatoms. The van der Waals surface area contributed by atoms with Crippen molar-refractivity contribution in [3.05, 3.63) is 83.8 Å². The maximum atomic E-state index is 13.6. The number of alkyl carbamates (subject to hydrolysis) is 1. The zero-order chi connectivity index (χ0) is 40.6. The van der Waals surface area contributed by atoms with Crippen molar-refractivity contribution < 1.29 is 29.0 Å². The van der Waals surface area contributed by atoms with Gasteiger partial charge in [-0.3, -0.25) is 9.59 Å². The third-order valence-electron chi connectivity index (χ3n) is 10.4. The number of rotatable bonds is 10. The molecule has 2 aromatic heterocycles. The zero-order valence-electron chi connectivity index (χ0n) is 33.6. The van der Waals surface area contributed by atoms with Crippen LogP contribution in [0.25, 0.3) is 22.4 Å². The van der Waals surface area contributed by atoms with Gasteiger partial charge in [-0.25, -0.2) is 19.6 Å². The molecule has 2 aliphatic rings. The van der Waals surface area contributed by atoms with Crippen LogP contribution in [-0.2, 0) is 14.3 Å². The molecule has 2 aliphatic heterocycles. The summed E-state index contributed by atoms with van der Waals surface area (Å²) in [6.45, 7) is 8.48. The number of hydrogen-bond acceptors (Lipinski definition) is 7. The predicted octanol–water partition coefficient (Wildman–Crippen LogP) is 6.71. The molecule has 4 aromatic rings. The first-order valence-electron chi connectivity index (χ1n) is 19.2. The molecule has 4 heterocycles. The van der Waals surface area contributed by atoms with Crippen LogP contribution in [0.15, 0.2) is 60.9 Å². The van der Waals surface area contributed by atoms with Crippen molar-refractivity contribution in [2.45, 2.75) is 77.5 Å². The van der Waals surface area contributed by atoms with Gasteiger partial charge in [0, 0.05) is 24.2 Å². The summed E-state index contributed by atoms with van der Waals surface area (Å²) in [5.41, 5.74) is 4.92. The normalized spacial score (nSPS) is 16.7. The number of nitrogens with one attached hydrogen (secondary N) is 4. The summed E-state index contributed by atoms with van der Waals surface area (Å²) >= 11 is 0. The van der Waals surface area contributed by atoms with Gasteiger partial charge in [0.15, 0.2) is 0 Å². The predicted molar refractivity (Wildman–Crippen MR) is 228 cm³/mol. The Hall–Kier alpha value is -5.96. The molecule has 2 fully saturated rings. The first-order valence-corrected chi connectivity index (χ1v) is 19.2. The molecule has 6 rings (SSSR count). The largest absolute Gasteiger partial charge is 0.465 e. The summed E-state index contributed by atoms with van der Waals surface area (Å²) in [6.07, 6.45) is 4.57. The maximum absolute atomic E-state index is 13.6. The molecule has 4 atom stereocenters. The van der Waals surface area contributed by atoms with E-state index < -0.39 is 24.3 Å². The van der Waals surface area contributed by atoms with Crippen LogP contribution >= 0.6 is 24.8 Å². The van der Waals surface area contributed by atoms with E-state index in [9.17, 15) is 24.3 Å². The number of H-pyrrole nitrogens is 2. The summed E-state index contributed by atoms with van der Waals surface area (Å²) in [4.78, 5) is 69.7. The number of benzene rings is 2. The summed E-state index contributed by atoms with van der Waals surface area (Å²) in [5.74, 6) is 12.7. The van der Waals surface area contributed by atoms with E-state index in [1.807, 2.05) is 70.2 Å². The Morgan fingerprint density at radius 3 is 1.95 bits per heavy atom. The monoisotopic (exact) mass is 844 g/mol. The van der Waals surface area contributed by atoms with Crippen LogP contribution in [0.1, 0.15) is 88.4 Å². The zero-order valence-corrected chi connectivity index (χ0v) is 35.2. The number of nitrogens with zero attached hydrogens (tertiary/aromatic N) is 4. The lowest BCUT2D eigenvalue weighted by molar-refractivity contribution is -0.136. The van der Waals surface area contributed by atoms with Crippen LogP contribution in [0.4, 0.5) is 9.59 Å². The third-order valence-corrected chi connectivity index (χ3v) is 10.4. The standard InChI is InChI=1S/C43H48N8O6.2ClH/c1-26(2)36(48-42(54)55)40(52)50-21-11-17-34(50)38-44-24-31(46-38)16-10-9-15-29-19-20-30(23-32(29)28-13-7-6-8-14-28)33-25-45-39(47-33)35-18-12-22-51(35)41(53)37(27(3)4)49-43(56)57-5;;/h6-8,13-14,19-20,23-27,34-37,48H,11-12,17-18,21-22H2,1-5H3,(H,44,46)(H,45,47)(H,49,56)(H,54,55);2*1H/t34-,35-,36-,37-;;/m0../s1. The minimum atomic E-state index is -1.23. The number of carboxylic acid groups (broad SMARTS) is 1. The molecule has 0 spiro atoms. The van der Waals surface area contributed by atoms with Gasteiger partial charge in [-0.2, -0.15) is 0 Å². The van der Waals surface area contributed by atoms with Crippen molar-refractivity contribution >= 4 is 48.8 Å². The van der Waals surface area contributed by atoms with Crippen LogP contribution in [-0.4, -0.2) is 91.1 Å². The molecule has 312 valence electrons. The number of likely N-dealkylation sites (tertiary alicyclic amines) is 2. The summed E-state index contributed by atoms with van der Waals surface area (Å²) in [5, 5.41) is 14.3. The number of imidazole rings is 2. The minimum absolute atomic E-state index is 0. The minimum Gasteiger partial charge on any atom is -0.465 e. The van der Waals surface area contributed by atoms with Crippen LogP contribution in [0.5, 0.6) is 0 Å². The van der Waals surface area contributed by atoms with E-state index in [2.05, 4.69) is 55.3 Å². The fraction of sp³-hybridized carbons (Fsp3) is 0.395. The van der Waals surface area contributed by atoms with Gasteiger partial charge in [-0.05, 0) is 78.5 Å². The number of amides is 4. The molecular formula is C43H50Cl2N8O6. The van der Waals surface area contributed by atoms with Gasteiger partial charge >= 0.3 is 12.2 Å². The highest BCUT2D eigenvalue weighted by atomic mass is 35.5. The number of ether oxygens (including phenoxy) is 1.